The van der Waals surface area contributed by atoms with Crippen LogP contribution in [0.1, 0.15) is 18.1 Å². The lowest BCUT2D eigenvalue weighted by Gasteiger charge is -2.12. The first-order valence-electron chi connectivity index (χ1n) is 7.53. The first kappa shape index (κ1) is 17.5. The van der Waals surface area contributed by atoms with E-state index in [1.807, 2.05) is 29.7 Å². The first-order valence-corrected chi connectivity index (χ1v) is 8.52. The maximum Gasteiger partial charge on any atom is 0.234 e. The third-order valence-corrected chi connectivity index (χ3v) is 4.43. The number of hydrogen-bond donors (Lipinski definition) is 1. The van der Waals surface area contributed by atoms with Crippen molar-refractivity contribution in [2.45, 2.75) is 32.0 Å². The zero-order valence-corrected chi connectivity index (χ0v) is 14.5. The van der Waals surface area contributed by atoms with Gasteiger partial charge in [-0.25, -0.2) is 0 Å². The number of aryl methyl sites for hydroxylation is 2. The number of rotatable bonds is 8. The molecule has 0 aliphatic carbocycles. The monoisotopic (exact) mass is 334 g/mol. The van der Waals surface area contributed by atoms with E-state index in [0.29, 0.717) is 18.9 Å². The van der Waals surface area contributed by atoms with Crippen molar-refractivity contribution in [3.8, 4) is 0 Å². The number of benzene rings is 1. The Kier molecular flexibility index (Phi) is 6.61. The Hall–Kier alpha value is -1.86. The predicted octanol–water partition coefficient (Wildman–Crippen LogP) is 2.53. The second kappa shape index (κ2) is 8.69. The van der Waals surface area contributed by atoms with Gasteiger partial charge in [0, 0.05) is 19.3 Å². The molecule has 2 rings (SSSR count). The summed E-state index contributed by atoms with van der Waals surface area (Å²) in [6, 6.07) is 6.05. The van der Waals surface area contributed by atoms with Gasteiger partial charge in [0.25, 0.3) is 0 Å². The molecule has 0 saturated heterocycles. The molecule has 1 aromatic carbocycles. The van der Waals surface area contributed by atoms with E-state index >= 15 is 0 Å². The van der Waals surface area contributed by atoms with E-state index in [4.69, 9.17) is 4.74 Å². The molecule has 6 nitrogen and oxygen atoms in total. The topological polar surface area (TPSA) is 69.0 Å². The second-order valence-electron chi connectivity index (χ2n) is 5.10. The number of methoxy groups -OCH3 is 1. The summed E-state index contributed by atoms with van der Waals surface area (Å²) in [5, 5.41) is 11.7. The van der Waals surface area contributed by atoms with Gasteiger partial charge < -0.3 is 14.6 Å². The standard InChI is InChI=1S/C16H22N4O2S/c1-4-13-7-5-6-12(2)15(13)18-14(21)10-23-16-19-17-11-20(16)8-9-22-3/h5-7,11H,4,8-10H2,1-3H3,(H,18,21). The van der Waals surface area contributed by atoms with E-state index in [9.17, 15) is 4.79 Å². The Morgan fingerprint density at radius 1 is 1.43 bits per heavy atom. The molecule has 1 N–H and O–H groups in total. The van der Waals surface area contributed by atoms with Crippen molar-refractivity contribution in [3.05, 3.63) is 35.7 Å². The third-order valence-electron chi connectivity index (χ3n) is 3.45. The Balaban J connectivity index is 1.95. The van der Waals surface area contributed by atoms with Crippen LogP contribution in [-0.2, 0) is 22.5 Å². The van der Waals surface area contributed by atoms with Gasteiger partial charge in [-0.2, -0.15) is 0 Å². The maximum absolute atomic E-state index is 12.2. The van der Waals surface area contributed by atoms with Crippen LogP contribution in [0.15, 0.2) is 29.7 Å². The average Bonchev–Trinajstić information content (AvgIpc) is 3.00. The number of nitrogens with one attached hydrogen (secondary N) is 1. The van der Waals surface area contributed by atoms with Gasteiger partial charge in [0.1, 0.15) is 6.33 Å². The van der Waals surface area contributed by atoms with Crippen molar-refractivity contribution in [3.63, 3.8) is 0 Å². The number of thioether (sulfide) groups is 1. The molecule has 0 radical (unpaired) electrons. The van der Waals surface area contributed by atoms with Gasteiger partial charge in [-0.05, 0) is 24.5 Å². The highest BCUT2D eigenvalue weighted by Crippen LogP contribution is 2.22. The van der Waals surface area contributed by atoms with Crippen LogP contribution >= 0.6 is 11.8 Å². The summed E-state index contributed by atoms with van der Waals surface area (Å²) in [5.74, 6) is 0.253. The summed E-state index contributed by atoms with van der Waals surface area (Å²) in [6.07, 6.45) is 2.53. The van der Waals surface area contributed by atoms with Crippen molar-refractivity contribution in [1.82, 2.24) is 14.8 Å². The van der Waals surface area contributed by atoms with E-state index in [1.54, 1.807) is 13.4 Å². The number of carbonyl (C=O) groups excluding carboxylic acids is 1. The van der Waals surface area contributed by atoms with Crippen LogP contribution in [0.4, 0.5) is 5.69 Å². The molecule has 0 spiro atoms. The Labute approximate surface area is 140 Å². The first-order chi connectivity index (χ1) is 11.2. The number of aromatic nitrogens is 3. The van der Waals surface area contributed by atoms with Crippen molar-refractivity contribution < 1.29 is 9.53 Å². The van der Waals surface area contributed by atoms with Crippen molar-refractivity contribution in [1.29, 1.82) is 0 Å². The van der Waals surface area contributed by atoms with E-state index in [2.05, 4.69) is 22.4 Å². The summed E-state index contributed by atoms with van der Waals surface area (Å²) < 4.78 is 6.93. The number of hydrogen-bond acceptors (Lipinski definition) is 5. The lowest BCUT2D eigenvalue weighted by Crippen LogP contribution is -2.17. The lowest BCUT2D eigenvalue weighted by molar-refractivity contribution is -0.113. The molecule has 0 fully saturated rings. The summed E-state index contributed by atoms with van der Waals surface area (Å²) in [4.78, 5) is 12.2. The molecule has 0 bridgehead atoms. The summed E-state index contributed by atoms with van der Waals surface area (Å²) in [5.41, 5.74) is 3.14. The largest absolute Gasteiger partial charge is 0.383 e. The normalized spacial score (nSPS) is 10.7. The number of ether oxygens (including phenoxy) is 1. The molecule has 0 aliphatic heterocycles. The molecule has 0 unspecified atom stereocenters. The average molecular weight is 334 g/mol. The zero-order valence-electron chi connectivity index (χ0n) is 13.7. The van der Waals surface area contributed by atoms with Crippen molar-refractivity contribution in [2.24, 2.45) is 0 Å². The number of amides is 1. The Morgan fingerprint density at radius 3 is 3.00 bits per heavy atom. The highest BCUT2D eigenvalue weighted by Gasteiger charge is 2.11. The Morgan fingerprint density at radius 2 is 2.26 bits per heavy atom. The lowest BCUT2D eigenvalue weighted by atomic mass is 10.1. The molecule has 124 valence electrons. The number of carbonyl (C=O) groups is 1. The summed E-state index contributed by atoms with van der Waals surface area (Å²) in [6.45, 7) is 5.34. The molecule has 0 atom stereocenters. The molecule has 1 heterocycles. The molecule has 1 amide bonds. The van der Waals surface area contributed by atoms with Crippen LogP contribution in [-0.4, -0.2) is 40.1 Å². The van der Waals surface area contributed by atoms with Gasteiger partial charge in [-0.3, -0.25) is 4.79 Å². The van der Waals surface area contributed by atoms with Gasteiger partial charge >= 0.3 is 0 Å². The minimum atomic E-state index is -0.0414. The smallest absolute Gasteiger partial charge is 0.234 e. The zero-order chi connectivity index (χ0) is 16.7. The number of anilines is 1. The molecule has 0 saturated carbocycles. The minimum absolute atomic E-state index is 0.0414. The van der Waals surface area contributed by atoms with Crippen LogP contribution in [0.5, 0.6) is 0 Å². The predicted molar refractivity (Wildman–Crippen MR) is 91.8 cm³/mol. The molecule has 1 aromatic heterocycles. The van der Waals surface area contributed by atoms with Gasteiger partial charge in [0.2, 0.25) is 5.91 Å². The highest BCUT2D eigenvalue weighted by molar-refractivity contribution is 7.99. The molecular formula is C16H22N4O2S. The molecule has 7 heteroatoms. The molecule has 0 aliphatic rings. The minimum Gasteiger partial charge on any atom is -0.383 e. The van der Waals surface area contributed by atoms with Crippen molar-refractivity contribution in [2.75, 3.05) is 24.8 Å². The van der Waals surface area contributed by atoms with Gasteiger partial charge in [-0.15, -0.1) is 10.2 Å². The Bertz CT molecular complexity index is 657. The van der Waals surface area contributed by atoms with E-state index in [1.165, 1.54) is 11.8 Å². The van der Waals surface area contributed by atoms with Crippen LogP contribution in [0.25, 0.3) is 0 Å². The van der Waals surface area contributed by atoms with E-state index in [0.717, 1.165) is 28.4 Å². The number of nitrogens with zero attached hydrogens (tertiary/aromatic N) is 3. The second-order valence-corrected chi connectivity index (χ2v) is 6.04. The molecular weight excluding hydrogens is 312 g/mol. The maximum atomic E-state index is 12.2. The van der Waals surface area contributed by atoms with Gasteiger partial charge in [0.05, 0.1) is 12.4 Å². The number of para-hydroxylation sites is 1. The third kappa shape index (κ3) is 4.80. The van der Waals surface area contributed by atoms with Crippen LogP contribution in [0, 0.1) is 6.92 Å². The van der Waals surface area contributed by atoms with Crippen molar-refractivity contribution >= 4 is 23.4 Å². The summed E-state index contributed by atoms with van der Waals surface area (Å²) in [7, 11) is 1.65. The fourth-order valence-electron chi connectivity index (χ4n) is 2.21. The van der Waals surface area contributed by atoms with Crippen LogP contribution in [0.2, 0.25) is 0 Å². The van der Waals surface area contributed by atoms with E-state index < -0.39 is 0 Å². The molecule has 23 heavy (non-hydrogen) atoms. The van der Waals surface area contributed by atoms with Gasteiger partial charge in [0.15, 0.2) is 5.16 Å². The van der Waals surface area contributed by atoms with Crippen LogP contribution in [0.3, 0.4) is 0 Å². The summed E-state index contributed by atoms with van der Waals surface area (Å²) >= 11 is 1.37. The fraction of sp³-hybridized carbons (Fsp3) is 0.438. The SMILES string of the molecule is CCc1cccc(C)c1NC(=O)CSc1nncn1CCOC. The van der Waals surface area contributed by atoms with Gasteiger partial charge in [-0.1, -0.05) is 36.9 Å². The van der Waals surface area contributed by atoms with Crippen LogP contribution < -0.4 is 5.32 Å². The van der Waals surface area contributed by atoms with E-state index in [-0.39, 0.29) is 5.91 Å². The fourth-order valence-corrected chi connectivity index (χ4v) is 2.95. The highest BCUT2D eigenvalue weighted by atomic mass is 32.2. The quantitative estimate of drug-likeness (QED) is 0.751. The molecule has 2 aromatic rings.